The first kappa shape index (κ1) is 14.2. The lowest BCUT2D eigenvalue weighted by atomic mass is 10.0. The van der Waals surface area contributed by atoms with E-state index < -0.39 is 0 Å². The Bertz CT molecular complexity index is 817. The highest BCUT2D eigenvalue weighted by atomic mass is 35.5. The second kappa shape index (κ2) is 5.24. The van der Waals surface area contributed by atoms with Gasteiger partial charge in [0.05, 0.1) is 15.7 Å². The summed E-state index contributed by atoms with van der Waals surface area (Å²) < 4.78 is 2.03. The highest BCUT2D eigenvalue weighted by Gasteiger charge is 2.18. The Morgan fingerprint density at radius 2 is 1.71 bits per heavy atom. The number of nitrogens with one attached hydrogen (secondary N) is 1. The van der Waals surface area contributed by atoms with E-state index in [0.717, 1.165) is 33.8 Å². The molecule has 0 radical (unpaired) electrons. The first-order valence-corrected chi connectivity index (χ1v) is 7.40. The van der Waals surface area contributed by atoms with Gasteiger partial charge in [0.1, 0.15) is 11.5 Å². The van der Waals surface area contributed by atoms with Gasteiger partial charge in [-0.3, -0.25) is 4.40 Å². The number of imidazole rings is 1. The number of pyridine rings is 1. The third kappa shape index (κ3) is 2.17. The predicted molar refractivity (Wildman–Crippen MR) is 89.7 cm³/mol. The minimum atomic E-state index is 0.630. The molecule has 1 aromatic carbocycles. The van der Waals surface area contributed by atoms with Gasteiger partial charge in [-0.1, -0.05) is 29.3 Å². The summed E-state index contributed by atoms with van der Waals surface area (Å²) in [6, 6.07) is 7.59. The summed E-state index contributed by atoms with van der Waals surface area (Å²) in [6.45, 7) is 4.02. The van der Waals surface area contributed by atoms with E-state index in [-0.39, 0.29) is 0 Å². The van der Waals surface area contributed by atoms with Crippen molar-refractivity contribution in [1.29, 1.82) is 0 Å². The zero-order valence-corrected chi connectivity index (χ0v) is 13.5. The number of nitrogens with zero attached hydrogens (tertiary/aromatic N) is 2. The van der Waals surface area contributed by atoms with E-state index in [0.29, 0.717) is 10.0 Å². The molecule has 0 atom stereocenters. The molecule has 3 aromatic rings. The third-order valence-electron chi connectivity index (χ3n) is 3.63. The molecule has 2 heterocycles. The summed E-state index contributed by atoms with van der Waals surface area (Å²) in [5, 5.41) is 4.44. The topological polar surface area (TPSA) is 29.3 Å². The first-order chi connectivity index (χ1) is 10.0. The minimum Gasteiger partial charge on any atom is -0.373 e. The SMILES string of the molecule is CNc1c(C)nc2c(-c3c(Cl)cccc3Cl)c(C)ccn12. The molecule has 0 aliphatic carbocycles. The average molecular weight is 320 g/mol. The number of halogens is 2. The molecule has 0 saturated heterocycles. The Kier molecular flexibility index (Phi) is 3.56. The fourth-order valence-electron chi connectivity index (χ4n) is 2.66. The van der Waals surface area contributed by atoms with Crippen molar-refractivity contribution in [2.75, 3.05) is 12.4 Å². The first-order valence-electron chi connectivity index (χ1n) is 6.65. The average Bonchev–Trinajstić information content (AvgIpc) is 2.76. The molecule has 3 rings (SSSR count). The smallest absolute Gasteiger partial charge is 0.146 e. The van der Waals surface area contributed by atoms with E-state index in [1.54, 1.807) is 0 Å². The molecule has 0 aliphatic heterocycles. The molecule has 21 heavy (non-hydrogen) atoms. The Morgan fingerprint density at radius 1 is 1.05 bits per heavy atom. The van der Waals surface area contributed by atoms with Crippen molar-refractivity contribution in [2.45, 2.75) is 13.8 Å². The Hall–Kier alpha value is -1.71. The van der Waals surface area contributed by atoms with E-state index in [2.05, 4.69) is 10.3 Å². The van der Waals surface area contributed by atoms with Gasteiger partial charge in [-0.15, -0.1) is 0 Å². The van der Waals surface area contributed by atoms with Gasteiger partial charge in [-0.25, -0.2) is 4.98 Å². The normalized spacial score (nSPS) is 11.1. The molecule has 5 heteroatoms. The molecule has 0 spiro atoms. The lowest BCUT2D eigenvalue weighted by molar-refractivity contribution is 1.16. The quantitative estimate of drug-likeness (QED) is 0.722. The predicted octanol–water partition coefficient (Wildman–Crippen LogP) is 4.97. The summed E-state index contributed by atoms with van der Waals surface area (Å²) in [4.78, 5) is 4.69. The van der Waals surface area contributed by atoms with Crippen LogP contribution in [0.25, 0.3) is 16.8 Å². The number of fused-ring (bicyclic) bond motifs is 1. The molecule has 108 valence electrons. The largest absolute Gasteiger partial charge is 0.373 e. The Balaban J connectivity index is 2.45. The van der Waals surface area contributed by atoms with Crippen LogP contribution < -0.4 is 5.32 Å². The molecule has 2 aromatic heterocycles. The summed E-state index contributed by atoms with van der Waals surface area (Å²) in [7, 11) is 1.89. The van der Waals surface area contributed by atoms with Gasteiger partial charge in [0, 0.05) is 24.4 Å². The van der Waals surface area contributed by atoms with Crippen LogP contribution in [-0.2, 0) is 0 Å². The van der Waals surface area contributed by atoms with Crippen molar-refractivity contribution in [3.05, 3.63) is 51.8 Å². The van der Waals surface area contributed by atoms with Crippen LogP contribution in [-0.4, -0.2) is 16.4 Å². The molecule has 0 amide bonds. The van der Waals surface area contributed by atoms with Crippen LogP contribution in [0.3, 0.4) is 0 Å². The monoisotopic (exact) mass is 319 g/mol. The van der Waals surface area contributed by atoms with Crippen molar-refractivity contribution < 1.29 is 0 Å². The van der Waals surface area contributed by atoms with Gasteiger partial charge < -0.3 is 5.32 Å². The fraction of sp³-hybridized carbons (Fsp3) is 0.188. The molecular weight excluding hydrogens is 305 g/mol. The molecule has 0 saturated carbocycles. The molecular formula is C16H15Cl2N3. The van der Waals surface area contributed by atoms with Crippen molar-refractivity contribution in [3.63, 3.8) is 0 Å². The maximum atomic E-state index is 6.38. The van der Waals surface area contributed by atoms with E-state index >= 15 is 0 Å². The molecule has 1 N–H and O–H groups in total. The fourth-order valence-corrected chi connectivity index (χ4v) is 3.25. The van der Waals surface area contributed by atoms with Gasteiger partial charge in [0.15, 0.2) is 0 Å². The zero-order valence-electron chi connectivity index (χ0n) is 12.0. The molecule has 0 aliphatic rings. The van der Waals surface area contributed by atoms with Crippen molar-refractivity contribution >= 4 is 34.7 Å². The van der Waals surface area contributed by atoms with Crippen LogP contribution in [0.5, 0.6) is 0 Å². The summed E-state index contributed by atoms with van der Waals surface area (Å²) in [5.74, 6) is 0.967. The standard InChI is InChI=1S/C16H15Cl2N3/c1-9-7-8-21-15(19-3)10(2)20-16(21)13(9)14-11(17)5-4-6-12(14)18/h4-8,19H,1-3H3. The van der Waals surface area contributed by atoms with Gasteiger partial charge in [0.25, 0.3) is 0 Å². The number of anilines is 1. The summed E-state index contributed by atoms with van der Waals surface area (Å²) in [5.41, 5.74) is 4.68. The number of rotatable bonds is 2. The van der Waals surface area contributed by atoms with E-state index in [1.807, 2.05) is 55.8 Å². The number of hydrogen-bond donors (Lipinski definition) is 1. The van der Waals surface area contributed by atoms with Crippen LogP contribution in [0.15, 0.2) is 30.5 Å². The Morgan fingerprint density at radius 3 is 2.33 bits per heavy atom. The highest BCUT2D eigenvalue weighted by Crippen LogP contribution is 2.39. The van der Waals surface area contributed by atoms with Crippen molar-refractivity contribution in [3.8, 4) is 11.1 Å². The van der Waals surface area contributed by atoms with Gasteiger partial charge >= 0.3 is 0 Å². The third-order valence-corrected chi connectivity index (χ3v) is 4.26. The summed E-state index contributed by atoms with van der Waals surface area (Å²) in [6.07, 6.45) is 2.00. The number of aryl methyl sites for hydroxylation is 2. The molecule has 0 bridgehead atoms. The second-order valence-corrected chi connectivity index (χ2v) is 5.77. The molecule has 0 unspecified atom stereocenters. The van der Waals surface area contributed by atoms with E-state index in [4.69, 9.17) is 23.2 Å². The maximum Gasteiger partial charge on any atom is 0.146 e. The molecule has 0 fully saturated rings. The van der Waals surface area contributed by atoms with Crippen LogP contribution in [0.2, 0.25) is 10.0 Å². The second-order valence-electron chi connectivity index (χ2n) is 4.96. The highest BCUT2D eigenvalue weighted by molar-refractivity contribution is 6.39. The summed E-state index contributed by atoms with van der Waals surface area (Å²) >= 11 is 12.8. The van der Waals surface area contributed by atoms with Gasteiger partial charge in [-0.05, 0) is 37.6 Å². The van der Waals surface area contributed by atoms with Crippen LogP contribution in [0.4, 0.5) is 5.82 Å². The van der Waals surface area contributed by atoms with E-state index in [1.165, 1.54) is 0 Å². The lowest BCUT2D eigenvalue weighted by Gasteiger charge is -2.12. The Labute approximate surface area is 133 Å². The van der Waals surface area contributed by atoms with Gasteiger partial charge in [-0.2, -0.15) is 0 Å². The van der Waals surface area contributed by atoms with Gasteiger partial charge in [0.2, 0.25) is 0 Å². The molecule has 3 nitrogen and oxygen atoms in total. The lowest BCUT2D eigenvalue weighted by Crippen LogP contribution is -1.97. The maximum absolute atomic E-state index is 6.38. The van der Waals surface area contributed by atoms with E-state index in [9.17, 15) is 0 Å². The number of aromatic nitrogens is 2. The van der Waals surface area contributed by atoms with Crippen molar-refractivity contribution in [1.82, 2.24) is 9.38 Å². The number of benzene rings is 1. The van der Waals surface area contributed by atoms with Crippen LogP contribution >= 0.6 is 23.2 Å². The van der Waals surface area contributed by atoms with Crippen LogP contribution in [0.1, 0.15) is 11.3 Å². The van der Waals surface area contributed by atoms with Crippen molar-refractivity contribution in [2.24, 2.45) is 0 Å². The minimum absolute atomic E-state index is 0.630. The van der Waals surface area contributed by atoms with Crippen LogP contribution in [0, 0.1) is 13.8 Å². The zero-order chi connectivity index (χ0) is 15.1. The number of hydrogen-bond acceptors (Lipinski definition) is 2.